The maximum absolute atomic E-state index is 11.2. The van der Waals surface area contributed by atoms with Crippen molar-refractivity contribution in [1.29, 1.82) is 0 Å². The molecule has 0 heterocycles. The molecule has 0 bridgehead atoms. The summed E-state index contributed by atoms with van der Waals surface area (Å²) in [6.07, 6.45) is 6.13. The van der Waals surface area contributed by atoms with E-state index < -0.39 is 0 Å². The van der Waals surface area contributed by atoms with Crippen molar-refractivity contribution < 1.29 is 9.53 Å². The van der Waals surface area contributed by atoms with E-state index in [1.54, 1.807) is 0 Å². The van der Waals surface area contributed by atoms with Gasteiger partial charge in [0.15, 0.2) is 0 Å². The van der Waals surface area contributed by atoms with Gasteiger partial charge in [-0.05, 0) is 18.8 Å². The summed E-state index contributed by atoms with van der Waals surface area (Å²) in [4.78, 5) is 11.2. The number of carbonyl (C=O) groups is 1. The molecule has 0 rings (SSSR count). The summed E-state index contributed by atoms with van der Waals surface area (Å²) in [5, 5.41) is 0. The van der Waals surface area contributed by atoms with Crippen molar-refractivity contribution in [2.45, 2.75) is 59.3 Å². The Bertz CT molecular complexity index is 141. The predicted octanol–water partition coefficient (Wildman–Crippen LogP) is 3.55. The lowest BCUT2D eigenvalue weighted by molar-refractivity contribution is -0.144. The van der Waals surface area contributed by atoms with E-state index in [4.69, 9.17) is 4.74 Å². The van der Waals surface area contributed by atoms with Gasteiger partial charge in [0.25, 0.3) is 0 Å². The van der Waals surface area contributed by atoms with Crippen molar-refractivity contribution in [3.05, 3.63) is 0 Å². The van der Waals surface area contributed by atoms with Crippen LogP contribution in [0.2, 0.25) is 0 Å². The van der Waals surface area contributed by atoms with E-state index >= 15 is 0 Å². The number of carbonyl (C=O) groups excluding carboxylic acids is 1. The fourth-order valence-corrected chi connectivity index (χ4v) is 1.18. The van der Waals surface area contributed by atoms with Gasteiger partial charge in [-0.1, -0.05) is 40.0 Å². The molecule has 0 saturated carbocycles. The lowest BCUT2D eigenvalue weighted by Gasteiger charge is -2.06. The zero-order valence-corrected chi connectivity index (χ0v) is 9.84. The van der Waals surface area contributed by atoms with Crippen LogP contribution in [0.4, 0.5) is 0 Å². The van der Waals surface area contributed by atoms with Crippen LogP contribution in [0.1, 0.15) is 59.3 Å². The van der Waals surface area contributed by atoms with Crippen LogP contribution < -0.4 is 0 Å². The molecule has 0 aliphatic rings. The van der Waals surface area contributed by atoms with Gasteiger partial charge in [-0.2, -0.15) is 0 Å². The summed E-state index contributed by atoms with van der Waals surface area (Å²) in [5.74, 6) is 0.588. The normalized spacial score (nSPS) is 10.6. The Morgan fingerprint density at radius 1 is 1.21 bits per heavy atom. The first kappa shape index (κ1) is 13.5. The van der Waals surface area contributed by atoms with E-state index in [0.29, 0.717) is 18.9 Å². The van der Waals surface area contributed by atoms with Crippen molar-refractivity contribution in [3.8, 4) is 0 Å². The molecule has 2 nitrogen and oxygen atoms in total. The smallest absolute Gasteiger partial charge is 0.305 e. The quantitative estimate of drug-likeness (QED) is 0.442. The minimum atomic E-state index is -0.0262. The molecule has 2 heteroatoms. The fraction of sp³-hybridized carbons (Fsp3) is 0.917. The van der Waals surface area contributed by atoms with Crippen LogP contribution in [0.5, 0.6) is 0 Å². The van der Waals surface area contributed by atoms with Crippen LogP contribution in [-0.2, 0) is 9.53 Å². The van der Waals surface area contributed by atoms with E-state index in [9.17, 15) is 4.79 Å². The van der Waals surface area contributed by atoms with E-state index in [2.05, 4.69) is 20.8 Å². The second-order valence-corrected chi connectivity index (χ2v) is 4.21. The van der Waals surface area contributed by atoms with Crippen LogP contribution in [-0.4, -0.2) is 12.6 Å². The standard InChI is InChI=1S/C12H24O2/c1-4-5-6-7-8-12(13)14-10-9-11(2)3/h11H,4-10H2,1-3H3. The van der Waals surface area contributed by atoms with Crippen molar-refractivity contribution in [2.24, 2.45) is 5.92 Å². The van der Waals surface area contributed by atoms with Gasteiger partial charge in [0.2, 0.25) is 0 Å². The van der Waals surface area contributed by atoms with Crippen LogP contribution >= 0.6 is 0 Å². The molecule has 0 aromatic carbocycles. The highest BCUT2D eigenvalue weighted by Gasteiger charge is 2.02. The average molecular weight is 200 g/mol. The Labute approximate surface area is 88.0 Å². The molecule has 0 aromatic rings. The molecule has 0 aliphatic heterocycles. The first-order chi connectivity index (χ1) is 6.66. The van der Waals surface area contributed by atoms with E-state index in [1.807, 2.05) is 0 Å². The molecule has 0 unspecified atom stereocenters. The monoisotopic (exact) mass is 200 g/mol. The summed E-state index contributed by atoms with van der Waals surface area (Å²) < 4.78 is 5.09. The second-order valence-electron chi connectivity index (χ2n) is 4.21. The number of hydrogen-bond donors (Lipinski definition) is 0. The van der Waals surface area contributed by atoms with E-state index in [1.165, 1.54) is 12.8 Å². The average Bonchev–Trinajstić information content (AvgIpc) is 2.12. The maximum atomic E-state index is 11.2. The van der Waals surface area contributed by atoms with Gasteiger partial charge in [0.1, 0.15) is 0 Å². The Morgan fingerprint density at radius 3 is 2.50 bits per heavy atom. The summed E-state index contributed by atoms with van der Waals surface area (Å²) in [7, 11) is 0. The highest BCUT2D eigenvalue weighted by atomic mass is 16.5. The highest BCUT2D eigenvalue weighted by Crippen LogP contribution is 2.05. The topological polar surface area (TPSA) is 26.3 Å². The Balaban J connectivity index is 3.20. The van der Waals surface area contributed by atoms with Gasteiger partial charge in [0, 0.05) is 6.42 Å². The molecule has 0 radical (unpaired) electrons. The molecule has 0 N–H and O–H groups in total. The molecule has 0 atom stereocenters. The molecule has 14 heavy (non-hydrogen) atoms. The molecular weight excluding hydrogens is 176 g/mol. The first-order valence-electron chi connectivity index (χ1n) is 5.82. The molecule has 0 spiro atoms. The summed E-state index contributed by atoms with van der Waals surface area (Å²) in [6.45, 7) is 7.02. The number of unbranched alkanes of at least 4 members (excludes halogenated alkanes) is 3. The number of esters is 1. The Morgan fingerprint density at radius 2 is 1.93 bits per heavy atom. The van der Waals surface area contributed by atoms with E-state index in [0.717, 1.165) is 19.3 Å². The maximum Gasteiger partial charge on any atom is 0.305 e. The number of rotatable bonds is 8. The van der Waals surface area contributed by atoms with Crippen LogP contribution in [0, 0.1) is 5.92 Å². The third-order valence-corrected chi connectivity index (χ3v) is 2.19. The summed E-state index contributed by atoms with van der Waals surface area (Å²) >= 11 is 0. The third-order valence-electron chi connectivity index (χ3n) is 2.19. The minimum Gasteiger partial charge on any atom is -0.466 e. The highest BCUT2D eigenvalue weighted by molar-refractivity contribution is 5.69. The molecular formula is C12H24O2. The molecule has 84 valence electrons. The molecule has 0 saturated heterocycles. The molecule has 0 amide bonds. The number of hydrogen-bond acceptors (Lipinski definition) is 2. The largest absolute Gasteiger partial charge is 0.466 e. The van der Waals surface area contributed by atoms with Gasteiger partial charge in [0.05, 0.1) is 6.61 Å². The lowest BCUT2D eigenvalue weighted by atomic mass is 10.1. The molecule has 0 aromatic heterocycles. The van der Waals surface area contributed by atoms with Crippen LogP contribution in [0.15, 0.2) is 0 Å². The van der Waals surface area contributed by atoms with Gasteiger partial charge in [-0.25, -0.2) is 0 Å². The minimum absolute atomic E-state index is 0.0262. The zero-order chi connectivity index (χ0) is 10.8. The van der Waals surface area contributed by atoms with E-state index in [-0.39, 0.29) is 5.97 Å². The van der Waals surface area contributed by atoms with Crippen molar-refractivity contribution in [3.63, 3.8) is 0 Å². The SMILES string of the molecule is CCCCCCC(=O)OCCC(C)C. The van der Waals surface area contributed by atoms with Crippen molar-refractivity contribution in [2.75, 3.05) is 6.61 Å². The Hall–Kier alpha value is -0.530. The van der Waals surface area contributed by atoms with Gasteiger partial charge < -0.3 is 4.74 Å². The Kier molecular flexibility index (Phi) is 8.70. The van der Waals surface area contributed by atoms with Gasteiger partial charge in [-0.15, -0.1) is 0 Å². The summed E-state index contributed by atoms with van der Waals surface area (Å²) in [6, 6.07) is 0. The molecule has 0 fully saturated rings. The first-order valence-corrected chi connectivity index (χ1v) is 5.82. The molecule has 0 aliphatic carbocycles. The lowest BCUT2D eigenvalue weighted by Crippen LogP contribution is -2.07. The van der Waals surface area contributed by atoms with Crippen LogP contribution in [0.3, 0.4) is 0 Å². The van der Waals surface area contributed by atoms with Gasteiger partial charge >= 0.3 is 5.97 Å². The van der Waals surface area contributed by atoms with Gasteiger partial charge in [-0.3, -0.25) is 4.79 Å². The predicted molar refractivity (Wildman–Crippen MR) is 59.2 cm³/mol. The third kappa shape index (κ3) is 9.56. The zero-order valence-electron chi connectivity index (χ0n) is 9.84. The van der Waals surface area contributed by atoms with Crippen molar-refractivity contribution in [1.82, 2.24) is 0 Å². The summed E-state index contributed by atoms with van der Waals surface area (Å²) in [5.41, 5.74) is 0. The number of ether oxygens (including phenoxy) is 1. The fourth-order valence-electron chi connectivity index (χ4n) is 1.18. The van der Waals surface area contributed by atoms with Crippen molar-refractivity contribution >= 4 is 5.97 Å². The van der Waals surface area contributed by atoms with Crippen LogP contribution in [0.25, 0.3) is 0 Å². The second kappa shape index (κ2) is 9.04.